The molecule has 3 aromatic heterocycles. The summed E-state index contributed by atoms with van der Waals surface area (Å²) >= 11 is 0. The second-order valence-corrected chi connectivity index (χ2v) is 8.70. The van der Waals surface area contributed by atoms with Crippen LogP contribution in [0.15, 0.2) is 67.4 Å². The van der Waals surface area contributed by atoms with Gasteiger partial charge in [-0.05, 0) is 50.5 Å². The molecule has 0 radical (unpaired) electrons. The molecule has 8 heteroatoms. The standard InChI is InChI=1S/C27H26N6O2/c1-18-5-3-4-6-24(18)35-25-13-19(2)31-26(32-25)20-9-11-33(12-10-20)27(34)21-7-8-23(30-16-21)22-14-28-17-29-15-22/h3-8,13-17,20H,9-12H2,1-2H3. The Kier molecular flexibility index (Phi) is 6.43. The minimum Gasteiger partial charge on any atom is -0.439 e. The van der Waals surface area contributed by atoms with Gasteiger partial charge in [0.25, 0.3) is 5.91 Å². The SMILES string of the molecule is Cc1cc(Oc2ccccc2C)nc(C2CCN(C(=O)c3ccc(-c4cncnc4)nc3)CC2)n1. The van der Waals surface area contributed by atoms with E-state index >= 15 is 0 Å². The van der Waals surface area contributed by atoms with Crippen molar-refractivity contribution in [2.75, 3.05) is 13.1 Å². The maximum Gasteiger partial charge on any atom is 0.255 e. The van der Waals surface area contributed by atoms with Crippen LogP contribution in [0.5, 0.6) is 11.6 Å². The Morgan fingerprint density at radius 1 is 0.971 bits per heavy atom. The minimum absolute atomic E-state index is 0.0134. The minimum atomic E-state index is -0.0134. The molecule has 0 aliphatic carbocycles. The highest BCUT2D eigenvalue weighted by atomic mass is 16.5. The highest BCUT2D eigenvalue weighted by Gasteiger charge is 2.27. The zero-order valence-corrected chi connectivity index (χ0v) is 19.8. The number of hydrogen-bond donors (Lipinski definition) is 0. The van der Waals surface area contributed by atoms with Gasteiger partial charge in [0.2, 0.25) is 5.88 Å². The molecule has 1 saturated heterocycles. The normalized spacial score (nSPS) is 14.1. The average molecular weight is 467 g/mol. The van der Waals surface area contributed by atoms with E-state index in [1.165, 1.54) is 6.33 Å². The van der Waals surface area contributed by atoms with Crippen molar-refractivity contribution in [1.29, 1.82) is 0 Å². The molecule has 0 spiro atoms. The number of ether oxygens (including phenoxy) is 1. The van der Waals surface area contributed by atoms with Gasteiger partial charge < -0.3 is 9.64 Å². The van der Waals surface area contributed by atoms with Gasteiger partial charge in [0.1, 0.15) is 17.9 Å². The summed E-state index contributed by atoms with van der Waals surface area (Å²) in [6.07, 6.45) is 8.09. The van der Waals surface area contributed by atoms with Gasteiger partial charge in [-0.1, -0.05) is 18.2 Å². The van der Waals surface area contributed by atoms with E-state index in [4.69, 9.17) is 9.72 Å². The van der Waals surface area contributed by atoms with Crippen LogP contribution in [0.25, 0.3) is 11.3 Å². The first-order valence-corrected chi connectivity index (χ1v) is 11.7. The van der Waals surface area contributed by atoms with E-state index in [-0.39, 0.29) is 11.8 Å². The predicted molar refractivity (Wildman–Crippen MR) is 131 cm³/mol. The second-order valence-electron chi connectivity index (χ2n) is 8.70. The molecule has 0 N–H and O–H groups in total. The van der Waals surface area contributed by atoms with Gasteiger partial charge in [0, 0.05) is 54.9 Å². The number of piperidine rings is 1. The van der Waals surface area contributed by atoms with Gasteiger partial charge in [0.05, 0.1) is 11.3 Å². The molecule has 1 aromatic carbocycles. The van der Waals surface area contributed by atoms with E-state index in [1.54, 1.807) is 18.6 Å². The first kappa shape index (κ1) is 22.6. The van der Waals surface area contributed by atoms with Gasteiger partial charge in [-0.2, -0.15) is 4.98 Å². The molecule has 0 bridgehead atoms. The largest absolute Gasteiger partial charge is 0.439 e. The Balaban J connectivity index is 1.23. The molecule has 1 fully saturated rings. The van der Waals surface area contributed by atoms with E-state index in [0.717, 1.165) is 46.9 Å². The third kappa shape index (κ3) is 5.16. The highest BCUT2D eigenvalue weighted by Crippen LogP contribution is 2.30. The summed E-state index contributed by atoms with van der Waals surface area (Å²) in [5.74, 6) is 2.28. The molecule has 0 saturated carbocycles. The van der Waals surface area contributed by atoms with Crippen molar-refractivity contribution in [3.63, 3.8) is 0 Å². The lowest BCUT2D eigenvalue weighted by atomic mass is 9.95. The number of pyridine rings is 1. The van der Waals surface area contributed by atoms with Crippen molar-refractivity contribution in [3.8, 4) is 22.9 Å². The third-order valence-corrected chi connectivity index (χ3v) is 6.17. The molecule has 35 heavy (non-hydrogen) atoms. The molecule has 1 aliphatic heterocycles. The molecule has 1 aliphatic rings. The zero-order chi connectivity index (χ0) is 24.2. The zero-order valence-electron chi connectivity index (χ0n) is 19.8. The number of nitrogens with zero attached hydrogens (tertiary/aromatic N) is 6. The van der Waals surface area contributed by atoms with E-state index in [2.05, 4.69) is 19.9 Å². The van der Waals surface area contributed by atoms with Crippen molar-refractivity contribution in [3.05, 3.63) is 90.0 Å². The summed E-state index contributed by atoms with van der Waals surface area (Å²) in [5.41, 5.74) is 4.05. The summed E-state index contributed by atoms with van der Waals surface area (Å²) in [6, 6.07) is 13.4. The van der Waals surface area contributed by atoms with Gasteiger partial charge in [-0.25, -0.2) is 15.0 Å². The lowest BCUT2D eigenvalue weighted by Gasteiger charge is -2.31. The van der Waals surface area contributed by atoms with Crippen LogP contribution in [-0.2, 0) is 0 Å². The molecular weight excluding hydrogens is 440 g/mol. The fourth-order valence-corrected chi connectivity index (χ4v) is 4.23. The fourth-order valence-electron chi connectivity index (χ4n) is 4.23. The summed E-state index contributed by atoms with van der Waals surface area (Å²) in [4.78, 5) is 36.8. The van der Waals surface area contributed by atoms with Gasteiger partial charge >= 0.3 is 0 Å². The Bertz CT molecular complexity index is 1320. The van der Waals surface area contributed by atoms with Crippen LogP contribution in [0.4, 0.5) is 0 Å². The highest BCUT2D eigenvalue weighted by molar-refractivity contribution is 5.94. The van der Waals surface area contributed by atoms with Crippen LogP contribution in [-0.4, -0.2) is 48.8 Å². The van der Waals surface area contributed by atoms with Crippen LogP contribution >= 0.6 is 0 Å². The quantitative estimate of drug-likeness (QED) is 0.419. The topological polar surface area (TPSA) is 94.0 Å². The number of para-hydroxylation sites is 1. The Morgan fingerprint density at radius 2 is 1.74 bits per heavy atom. The molecule has 0 atom stereocenters. The van der Waals surface area contributed by atoms with E-state index in [0.29, 0.717) is 24.5 Å². The van der Waals surface area contributed by atoms with Crippen LogP contribution in [0.2, 0.25) is 0 Å². The van der Waals surface area contributed by atoms with Crippen LogP contribution in [0.3, 0.4) is 0 Å². The van der Waals surface area contributed by atoms with E-state index in [9.17, 15) is 4.79 Å². The van der Waals surface area contributed by atoms with E-state index < -0.39 is 0 Å². The summed E-state index contributed by atoms with van der Waals surface area (Å²) in [7, 11) is 0. The number of likely N-dealkylation sites (tertiary alicyclic amines) is 1. The van der Waals surface area contributed by atoms with E-state index in [1.807, 2.05) is 61.2 Å². The molecule has 5 rings (SSSR count). The van der Waals surface area contributed by atoms with Crippen LogP contribution in [0, 0.1) is 13.8 Å². The lowest BCUT2D eigenvalue weighted by molar-refractivity contribution is 0.0710. The van der Waals surface area contributed by atoms with Gasteiger partial charge in [0.15, 0.2) is 0 Å². The van der Waals surface area contributed by atoms with Crippen molar-refractivity contribution in [1.82, 2.24) is 29.8 Å². The number of carbonyl (C=O) groups excluding carboxylic acids is 1. The number of rotatable bonds is 5. The summed E-state index contributed by atoms with van der Waals surface area (Å²) in [5, 5.41) is 0. The molecular formula is C27H26N6O2. The predicted octanol–water partition coefficient (Wildman–Crippen LogP) is 4.76. The number of aromatic nitrogens is 5. The molecule has 4 heterocycles. The summed E-state index contributed by atoms with van der Waals surface area (Å²) in [6.45, 7) is 5.25. The van der Waals surface area contributed by atoms with Gasteiger partial charge in [-0.15, -0.1) is 0 Å². The van der Waals surface area contributed by atoms with Crippen LogP contribution in [0.1, 0.15) is 46.2 Å². The Morgan fingerprint density at radius 3 is 2.46 bits per heavy atom. The molecule has 8 nitrogen and oxygen atoms in total. The maximum absolute atomic E-state index is 13.0. The average Bonchev–Trinajstić information content (AvgIpc) is 2.90. The first-order valence-electron chi connectivity index (χ1n) is 11.7. The van der Waals surface area contributed by atoms with Gasteiger partial charge in [-0.3, -0.25) is 9.78 Å². The number of amides is 1. The van der Waals surface area contributed by atoms with Crippen molar-refractivity contribution in [2.45, 2.75) is 32.6 Å². The smallest absolute Gasteiger partial charge is 0.255 e. The molecule has 0 unspecified atom stereocenters. The van der Waals surface area contributed by atoms with Crippen molar-refractivity contribution >= 4 is 5.91 Å². The van der Waals surface area contributed by atoms with Crippen molar-refractivity contribution < 1.29 is 9.53 Å². The number of carbonyl (C=O) groups is 1. The molecule has 176 valence electrons. The Labute approximate surface area is 204 Å². The number of aryl methyl sites for hydroxylation is 2. The number of hydrogen-bond acceptors (Lipinski definition) is 7. The second kappa shape index (κ2) is 9.97. The number of benzene rings is 1. The third-order valence-electron chi connectivity index (χ3n) is 6.17. The fraction of sp³-hybridized carbons (Fsp3) is 0.259. The summed E-state index contributed by atoms with van der Waals surface area (Å²) < 4.78 is 6.05. The monoisotopic (exact) mass is 466 g/mol. The molecule has 1 amide bonds. The van der Waals surface area contributed by atoms with Crippen LogP contribution < -0.4 is 4.74 Å². The maximum atomic E-state index is 13.0. The first-order chi connectivity index (χ1) is 17.1. The van der Waals surface area contributed by atoms with Crippen molar-refractivity contribution in [2.24, 2.45) is 0 Å². The molecule has 4 aromatic rings. The lowest BCUT2D eigenvalue weighted by Crippen LogP contribution is -2.38. The Hall–Kier alpha value is -4.20.